The van der Waals surface area contributed by atoms with E-state index >= 15 is 0 Å². The van der Waals surface area contributed by atoms with E-state index in [9.17, 15) is 4.79 Å². The van der Waals surface area contributed by atoms with Gasteiger partial charge in [-0.2, -0.15) is 5.26 Å². The standard InChI is InChI=1S/C16H22N4O2/c1-19(8-2-7-17)13-16(21)18-14-3-5-15(6-4-14)20-9-11-22-12-10-20/h3-6H,2,8-13H2,1H3,(H,18,21)/p+1. The van der Waals surface area contributed by atoms with Crippen LogP contribution in [0.25, 0.3) is 0 Å². The summed E-state index contributed by atoms with van der Waals surface area (Å²) < 4.78 is 5.34. The molecule has 0 bridgehead atoms. The third-order valence-corrected chi connectivity index (χ3v) is 3.65. The van der Waals surface area contributed by atoms with Crippen LogP contribution in [0.3, 0.4) is 0 Å². The molecule has 6 heteroatoms. The van der Waals surface area contributed by atoms with Crippen molar-refractivity contribution in [2.75, 3.05) is 56.7 Å². The first-order valence-electron chi connectivity index (χ1n) is 7.60. The molecule has 1 aliphatic rings. The molecule has 22 heavy (non-hydrogen) atoms. The van der Waals surface area contributed by atoms with Crippen molar-refractivity contribution in [3.63, 3.8) is 0 Å². The van der Waals surface area contributed by atoms with Crippen LogP contribution in [0.4, 0.5) is 11.4 Å². The number of nitriles is 1. The van der Waals surface area contributed by atoms with E-state index in [0.717, 1.165) is 42.6 Å². The molecule has 118 valence electrons. The molecule has 1 aromatic rings. The van der Waals surface area contributed by atoms with Crippen molar-refractivity contribution in [2.24, 2.45) is 0 Å². The van der Waals surface area contributed by atoms with Crippen LogP contribution in [-0.4, -0.2) is 52.3 Å². The number of morpholine rings is 1. The number of amides is 1. The van der Waals surface area contributed by atoms with Crippen molar-refractivity contribution < 1.29 is 14.4 Å². The Bertz CT molecular complexity index is 518. The first kappa shape index (κ1) is 16.3. The number of ether oxygens (including phenoxy) is 1. The number of carbonyl (C=O) groups is 1. The van der Waals surface area contributed by atoms with Gasteiger partial charge in [-0.3, -0.25) is 4.79 Å². The number of carbonyl (C=O) groups excluding carboxylic acids is 1. The van der Waals surface area contributed by atoms with E-state index in [1.807, 2.05) is 31.3 Å². The molecule has 2 rings (SSSR count). The van der Waals surface area contributed by atoms with Crippen molar-refractivity contribution >= 4 is 17.3 Å². The molecule has 2 N–H and O–H groups in total. The van der Waals surface area contributed by atoms with Crippen molar-refractivity contribution in [3.05, 3.63) is 24.3 Å². The van der Waals surface area contributed by atoms with E-state index in [-0.39, 0.29) is 5.91 Å². The molecule has 0 spiro atoms. The number of likely N-dealkylation sites (N-methyl/N-ethyl adjacent to an activating group) is 1. The van der Waals surface area contributed by atoms with Crippen LogP contribution in [-0.2, 0) is 9.53 Å². The summed E-state index contributed by atoms with van der Waals surface area (Å²) in [7, 11) is 1.92. The van der Waals surface area contributed by atoms with Gasteiger partial charge in [0.05, 0.1) is 39.3 Å². The average Bonchev–Trinajstić information content (AvgIpc) is 2.54. The molecule has 0 aliphatic carbocycles. The van der Waals surface area contributed by atoms with E-state index in [2.05, 4.69) is 16.3 Å². The molecule has 0 radical (unpaired) electrons. The van der Waals surface area contributed by atoms with Crippen molar-refractivity contribution in [2.45, 2.75) is 6.42 Å². The summed E-state index contributed by atoms with van der Waals surface area (Å²) in [4.78, 5) is 15.2. The normalized spacial score (nSPS) is 15.9. The van der Waals surface area contributed by atoms with Crippen LogP contribution in [0.5, 0.6) is 0 Å². The molecular formula is C16H23N4O2+. The van der Waals surface area contributed by atoms with E-state index in [4.69, 9.17) is 10.00 Å². The lowest BCUT2D eigenvalue weighted by Gasteiger charge is -2.28. The van der Waals surface area contributed by atoms with E-state index < -0.39 is 0 Å². The average molecular weight is 303 g/mol. The largest absolute Gasteiger partial charge is 0.378 e. The topological polar surface area (TPSA) is 69.8 Å². The SMILES string of the molecule is C[NH+](CCC#N)CC(=O)Nc1ccc(N2CCOCC2)cc1. The van der Waals surface area contributed by atoms with Gasteiger partial charge in [-0.15, -0.1) is 0 Å². The second-order valence-electron chi connectivity index (χ2n) is 5.49. The van der Waals surface area contributed by atoms with Gasteiger partial charge >= 0.3 is 0 Å². The van der Waals surface area contributed by atoms with Gasteiger partial charge in [-0.25, -0.2) is 0 Å². The Kier molecular flexibility index (Phi) is 6.19. The zero-order valence-corrected chi connectivity index (χ0v) is 13.0. The van der Waals surface area contributed by atoms with Crippen LogP contribution >= 0.6 is 0 Å². The quantitative estimate of drug-likeness (QED) is 0.769. The van der Waals surface area contributed by atoms with Gasteiger partial charge in [0, 0.05) is 24.5 Å². The molecule has 1 aliphatic heterocycles. The summed E-state index contributed by atoms with van der Waals surface area (Å²) in [6.45, 7) is 4.37. The van der Waals surface area contributed by atoms with E-state index in [0.29, 0.717) is 19.5 Å². The van der Waals surface area contributed by atoms with Crippen molar-refractivity contribution in [3.8, 4) is 6.07 Å². The van der Waals surface area contributed by atoms with Gasteiger partial charge in [0.25, 0.3) is 5.91 Å². The minimum atomic E-state index is -0.0328. The fraction of sp³-hybridized carbons (Fsp3) is 0.500. The maximum atomic E-state index is 11.9. The highest BCUT2D eigenvalue weighted by atomic mass is 16.5. The zero-order chi connectivity index (χ0) is 15.8. The molecule has 1 aromatic carbocycles. The number of nitrogens with zero attached hydrogens (tertiary/aromatic N) is 2. The predicted molar refractivity (Wildman–Crippen MR) is 85.0 cm³/mol. The Balaban J connectivity index is 1.83. The monoisotopic (exact) mass is 303 g/mol. The Hall–Kier alpha value is -2.10. The summed E-state index contributed by atoms with van der Waals surface area (Å²) >= 11 is 0. The van der Waals surface area contributed by atoms with E-state index in [1.165, 1.54) is 0 Å². The van der Waals surface area contributed by atoms with Crippen LogP contribution in [0.15, 0.2) is 24.3 Å². The molecule has 0 saturated carbocycles. The Labute approximate surface area is 131 Å². The van der Waals surface area contributed by atoms with Crippen molar-refractivity contribution in [1.29, 1.82) is 5.26 Å². The molecule has 0 aromatic heterocycles. The maximum Gasteiger partial charge on any atom is 0.279 e. The highest BCUT2D eigenvalue weighted by Gasteiger charge is 2.12. The van der Waals surface area contributed by atoms with Gasteiger partial charge in [0.2, 0.25) is 0 Å². The lowest BCUT2D eigenvalue weighted by atomic mass is 10.2. The highest BCUT2D eigenvalue weighted by Crippen LogP contribution is 2.18. The smallest absolute Gasteiger partial charge is 0.279 e. The molecule has 1 saturated heterocycles. The Morgan fingerprint density at radius 3 is 2.68 bits per heavy atom. The number of rotatable bonds is 6. The second-order valence-corrected chi connectivity index (χ2v) is 5.49. The molecule has 1 amide bonds. The molecule has 1 atom stereocenters. The molecule has 6 nitrogen and oxygen atoms in total. The fourth-order valence-electron chi connectivity index (χ4n) is 2.41. The summed E-state index contributed by atoms with van der Waals surface area (Å²) in [5.41, 5.74) is 1.95. The lowest BCUT2D eigenvalue weighted by Crippen LogP contribution is -3.10. The van der Waals surface area contributed by atoms with Crippen LogP contribution in [0.1, 0.15) is 6.42 Å². The third-order valence-electron chi connectivity index (χ3n) is 3.65. The van der Waals surface area contributed by atoms with Gasteiger partial charge < -0.3 is 19.9 Å². The second kappa shape index (κ2) is 8.37. The molecule has 1 fully saturated rings. The summed E-state index contributed by atoms with van der Waals surface area (Å²) in [6.07, 6.45) is 0.466. The van der Waals surface area contributed by atoms with E-state index in [1.54, 1.807) is 0 Å². The number of benzene rings is 1. The highest BCUT2D eigenvalue weighted by molar-refractivity contribution is 5.91. The number of nitrogens with one attached hydrogen (secondary N) is 2. The molecule has 1 heterocycles. The van der Waals surface area contributed by atoms with Gasteiger partial charge in [-0.05, 0) is 24.3 Å². The Morgan fingerprint density at radius 2 is 2.05 bits per heavy atom. The minimum Gasteiger partial charge on any atom is -0.378 e. The first-order valence-corrected chi connectivity index (χ1v) is 7.60. The lowest BCUT2D eigenvalue weighted by molar-refractivity contribution is -0.870. The predicted octanol–water partition coefficient (Wildman–Crippen LogP) is -0.110. The number of quaternary nitrogens is 1. The minimum absolute atomic E-state index is 0.0328. The summed E-state index contributed by atoms with van der Waals surface area (Å²) in [6, 6.07) is 9.98. The number of hydrogen-bond donors (Lipinski definition) is 2. The first-order chi connectivity index (χ1) is 10.7. The van der Waals surface area contributed by atoms with Crippen molar-refractivity contribution in [1.82, 2.24) is 0 Å². The number of hydrogen-bond acceptors (Lipinski definition) is 4. The summed E-state index contributed by atoms with van der Waals surface area (Å²) in [5, 5.41) is 11.4. The maximum absolute atomic E-state index is 11.9. The third kappa shape index (κ3) is 5.02. The molecular weight excluding hydrogens is 280 g/mol. The number of anilines is 2. The van der Waals surface area contributed by atoms with Crippen LogP contribution in [0, 0.1) is 11.3 Å². The van der Waals surface area contributed by atoms with Crippen LogP contribution < -0.4 is 15.1 Å². The van der Waals surface area contributed by atoms with Crippen LogP contribution in [0.2, 0.25) is 0 Å². The zero-order valence-electron chi connectivity index (χ0n) is 13.0. The Morgan fingerprint density at radius 1 is 1.36 bits per heavy atom. The van der Waals surface area contributed by atoms with Gasteiger partial charge in [0.15, 0.2) is 6.54 Å². The fourth-order valence-corrected chi connectivity index (χ4v) is 2.41. The summed E-state index contributed by atoms with van der Waals surface area (Å²) in [5.74, 6) is -0.0328. The molecule has 1 unspecified atom stereocenters. The van der Waals surface area contributed by atoms with Gasteiger partial charge in [-0.1, -0.05) is 0 Å². The van der Waals surface area contributed by atoms with Gasteiger partial charge in [0.1, 0.15) is 0 Å².